The predicted molar refractivity (Wildman–Crippen MR) is 93.3 cm³/mol. The SMILES string of the molecule is C/C=C/C(F)(F)C(F)(F)COC/C=C/c1ccccc1.CCOC(C)=O. The first-order valence-electron chi connectivity index (χ1n) is 7.98. The monoisotopic (exact) mass is 376 g/mol. The average Bonchev–Trinajstić information content (AvgIpc) is 2.55. The van der Waals surface area contributed by atoms with E-state index in [1.807, 2.05) is 30.3 Å². The van der Waals surface area contributed by atoms with E-state index >= 15 is 0 Å². The lowest BCUT2D eigenvalue weighted by Gasteiger charge is -2.23. The summed E-state index contributed by atoms with van der Waals surface area (Å²) in [5.74, 6) is -8.64. The Morgan fingerprint density at radius 2 is 1.77 bits per heavy atom. The van der Waals surface area contributed by atoms with Crippen molar-refractivity contribution in [2.45, 2.75) is 32.6 Å². The summed E-state index contributed by atoms with van der Waals surface area (Å²) in [4.78, 5) is 9.82. The Hall–Kier alpha value is -2.15. The first kappa shape index (κ1) is 23.9. The molecule has 0 fully saturated rings. The molecule has 1 rings (SSSR count). The highest BCUT2D eigenvalue weighted by Gasteiger charge is 2.54. The van der Waals surface area contributed by atoms with E-state index in [1.165, 1.54) is 19.9 Å². The molecule has 1 aromatic carbocycles. The first-order valence-corrected chi connectivity index (χ1v) is 7.98. The molecule has 0 saturated carbocycles. The minimum absolute atomic E-state index is 0.156. The van der Waals surface area contributed by atoms with E-state index in [9.17, 15) is 22.4 Å². The van der Waals surface area contributed by atoms with Crippen LogP contribution in [-0.2, 0) is 14.3 Å². The van der Waals surface area contributed by atoms with Gasteiger partial charge < -0.3 is 9.47 Å². The van der Waals surface area contributed by atoms with Gasteiger partial charge in [0.2, 0.25) is 0 Å². The second-order valence-corrected chi connectivity index (χ2v) is 5.08. The quantitative estimate of drug-likeness (QED) is 0.273. The van der Waals surface area contributed by atoms with E-state index in [0.717, 1.165) is 11.6 Å². The number of alkyl halides is 4. The predicted octanol–water partition coefficient (Wildman–Crippen LogP) is 5.13. The molecular weight excluding hydrogens is 352 g/mol. The summed E-state index contributed by atoms with van der Waals surface area (Å²) in [6.45, 7) is 3.42. The van der Waals surface area contributed by atoms with E-state index in [2.05, 4.69) is 9.47 Å². The van der Waals surface area contributed by atoms with Crippen LogP contribution in [0.5, 0.6) is 0 Å². The van der Waals surface area contributed by atoms with Gasteiger partial charge in [-0.15, -0.1) is 0 Å². The molecule has 0 bridgehead atoms. The molecule has 0 aliphatic heterocycles. The maximum Gasteiger partial charge on any atom is 0.336 e. The zero-order valence-corrected chi connectivity index (χ0v) is 15.1. The third-order valence-corrected chi connectivity index (χ3v) is 2.82. The van der Waals surface area contributed by atoms with Crippen LogP contribution in [0.2, 0.25) is 0 Å². The van der Waals surface area contributed by atoms with Gasteiger partial charge in [-0.25, -0.2) is 0 Å². The molecule has 0 aliphatic rings. The molecule has 0 heterocycles. The average molecular weight is 376 g/mol. The number of rotatable bonds is 8. The fourth-order valence-electron chi connectivity index (χ4n) is 1.63. The molecule has 0 atom stereocenters. The van der Waals surface area contributed by atoms with Crippen LogP contribution in [0, 0.1) is 0 Å². The number of hydrogen-bond acceptors (Lipinski definition) is 3. The Bertz CT molecular complexity index is 569. The lowest BCUT2D eigenvalue weighted by Crippen LogP contribution is -2.42. The van der Waals surface area contributed by atoms with Gasteiger partial charge in [-0.2, -0.15) is 17.6 Å². The zero-order chi connectivity index (χ0) is 20.1. The molecule has 0 amide bonds. The van der Waals surface area contributed by atoms with Crippen LogP contribution in [-0.4, -0.2) is 37.6 Å². The van der Waals surface area contributed by atoms with E-state index in [-0.39, 0.29) is 18.7 Å². The fraction of sp³-hybridized carbons (Fsp3) is 0.421. The van der Waals surface area contributed by atoms with Crippen molar-refractivity contribution in [2.24, 2.45) is 0 Å². The largest absolute Gasteiger partial charge is 0.466 e. The third-order valence-electron chi connectivity index (χ3n) is 2.82. The molecule has 146 valence electrons. The highest BCUT2D eigenvalue weighted by Crippen LogP contribution is 2.35. The van der Waals surface area contributed by atoms with E-state index in [1.54, 1.807) is 13.0 Å². The molecule has 0 aliphatic carbocycles. The van der Waals surface area contributed by atoms with Gasteiger partial charge in [0.1, 0.15) is 6.61 Å². The van der Waals surface area contributed by atoms with Gasteiger partial charge >= 0.3 is 17.8 Å². The zero-order valence-electron chi connectivity index (χ0n) is 15.1. The van der Waals surface area contributed by atoms with Crippen molar-refractivity contribution in [3.63, 3.8) is 0 Å². The van der Waals surface area contributed by atoms with E-state index < -0.39 is 18.5 Å². The number of halogens is 4. The number of carbonyl (C=O) groups is 1. The second kappa shape index (κ2) is 12.2. The third kappa shape index (κ3) is 9.98. The first-order chi connectivity index (χ1) is 12.2. The van der Waals surface area contributed by atoms with Gasteiger partial charge in [0.05, 0.1) is 13.2 Å². The molecule has 0 radical (unpaired) electrons. The van der Waals surface area contributed by atoms with Crippen LogP contribution >= 0.6 is 0 Å². The van der Waals surface area contributed by atoms with Gasteiger partial charge in [0.15, 0.2) is 0 Å². The van der Waals surface area contributed by atoms with Gasteiger partial charge in [-0.05, 0) is 25.5 Å². The molecule has 3 nitrogen and oxygen atoms in total. The van der Waals surface area contributed by atoms with Crippen LogP contribution in [0.4, 0.5) is 17.6 Å². The number of carbonyl (C=O) groups excluding carboxylic acids is 1. The lowest BCUT2D eigenvalue weighted by atomic mass is 10.1. The van der Waals surface area contributed by atoms with Gasteiger partial charge in [0, 0.05) is 6.92 Å². The van der Waals surface area contributed by atoms with Gasteiger partial charge in [-0.1, -0.05) is 48.6 Å². The fourth-order valence-corrected chi connectivity index (χ4v) is 1.63. The molecule has 26 heavy (non-hydrogen) atoms. The molecule has 0 N–H and O–H groups in total. The molecule has 0 saturated heterocycles. The minimum Gasteiger partial charge on any atom is -0.466 e. The van der Waals surface area contributed by atoms with Crippen molar-refractivity contribution in [1.29, 1.82) is 0 Å². The van der Waals surface area contributed by atoms with E-state index in [4.69, 9.17) is 0 Å². The molecule has 7 heteroatoms. The van der Waals surface area contributed by atoms with Crippen LogP contribution in [0.15, 0.2) is 48.6 Å². The number of esters is 1. The topological polar surface area (TPSA) is 35.5 Å². The Balaban J connectivity index is 0.000000896. The van der Waals surface area contributed by atoms with Crippen LogP contribution in [0.1, 0.15) is 26.3 Å². The van der Waals surface area contributed by atoms with Crippen LogP contribution in [0.3, 0.4) is 0 Å². The summed E-state index contributed by atoms with van der Waals surface area (Å²) in [6.07, 6.45) is 4.24. The molecule has 0 unspecified atom stereocenters. The maximum atomic E-state index is 13.2. The van der Waals surface area contributed by atoms with Crippen LogP contribution in [0.25, 0.3) is 6.08 Å². The van der Waals surface area contributed by atoms with E-state index in [0.29, 0.717) is 6.61 Å². The summed E-state index contributed by atoms with van der Waals surface area (Å²) < 4.78 is 61.5. The van der Waals surface area contributed by atoms with Gasteiger partial charge in [-0.3, -0.25) is 4.79 Å². The molecular formula is C19H24F4O3. The van der Waals surface area contributed by atoms with Crippen molar-refractivity contribution in [2.75, 3.05) is 19.8 Å². The second-order valence-electron chi connectivity index (χ2n) is 5.08. The van der Waals surface area contributed by atoms with Gasteiger partial charge in [0.25, 0.3) is 0 Å². The lowest BCUT2D eigenvalue weighted by molar-refractivity contribution is -0.205. The highest BCUT2D eigenvalue weighted by atomic mass is 19.3. The highest BCUT2D eigenvalue weighted by molar-refractivity contribution is 5.65. The number of hydrogen-bond donors (Lipinski definition) is 0. The number of ether oxygens (including phenoxy) is 2. The van der Waals surface area contributed by atoms with Crippen molar-refractivity contribution in [3.05, 3.63) is 54.1 Å². The Morgan fingerprint density at radius 3 is 2.23 bits per heavy atom. The summed E-state index contributed by atoms with van der Waals surface area (Å²) in [6, 6.07) is 9.15. The summed E-state index contributed by atoms with van der Waals surface area (Å²) >= 11 is 0. The smallest absolute Gasteiger partial charge is 0.336 e. The normalized spacial score (nSPS) is 12.1. The molecule has 0 spiro atoms. The van der Waals surface area contributed by atoms with Crippen molar-refractivity contribution in [1.82, 2.24) is 0 Å². The van der Waals surface area contributed by atoms with Crippen molar-refractivity contribution >= 4 is 12.0 Å². The summed E-state index contributed by atoms with van der Waals surface area (Å²) in [7, 11) is 0. The summed E-state index contributed by atoms with van der Waals surface area (Å²) in [5, 5.41) is 0. The maximum absolute atomic E-state index is 13.2. The van der Waals surface area contributed by atoms with Crippen molar-refractivity contribution < 1.29 is 31.8 Å². The van der Waals surface area contributed by atoms with Crippen LogP contribution < -0.4 is 0 Å². The Labute approximate surface area is 151 Å². The Kier molecular flexibility index (Phi) is 11.2. The number of allylic oxidation sites excluding steroid dienone is 2. The van der Waals surface area contributed by atoms with Crippen molar-refractivity contribution in [3.8, 4) is 0 Å². The summed E-state index contributed by atoms with van der Waals surface area (Å²) in [5.41, 5.74) is 0.877. The standard InChI is InChI=1S/C15H16F4O.C4H8O2/c1-2-10-14(16,17)15(18,19)12-20-11-6-9-13-7-4-3-5-8-13;1-3-6-4(2)5/h2-10H,11-12H2,1H3;3H2,1-2H3/b9-6+,10-2+;. The Morgan fingerprint density at radius 1 is 1.15 bits per heavy atom. The molecule has 1 aromatic rings. The minimum atomic E-state index is -4.22. The number of benzene rings is 1. The molecule has 0 aromatic heterocycles.